The number of rotatable bonds is 4. The van der Waals surface area contributed by atoms with Gasteiger partial charge in [0.2, 0.25) is 0 Å². The van der Waals surface area contributed by atoms with E-state index in [0.29, 0.717) is 12.1 Å². The van der Waals surface area contributed by atoms with Crippen LogP contribution < -0.4 is 5.32 Å². The highest BCUT2D eigenvalue weighted by atomic mass is 16.4. The molecule has 0 radical (unpaired) electrons. The maximum Gasteiger partial charge on any atom is 0.330 e. The third-order valence-electron chi connectivity index (χ3n) is 3.50. The van der Waals surface area contributed by atoms with Crippen molar-refractivity contribution in [2.45, 2.75) is 24.9 Å². The minimum atomic E-state index is -1.11. The third-order valence-corrected chi connectivity index (χ3v) is 3.50. The number of aliphatic carboxylic acids is 1. The minimum Gasteiger partial charge on any atom is -0.479 e. The monoisotopic (exact) mass is 278 g/mol. The van der Waals surface area contributed by atoms with E-state index in [-0.39, 0.29) is 12.6 Å². The molecule has 20 heavy (non-hydrogen) atoms. The van der Waals surface area contributed by atoms with Gasteiger partial charge in [-0.15, -0.1) is 0 Å². The van der Waals surface area contributed by atoms with E-state index >= 15 is 0 Å². The summed E-state index contributed by atoms with van der Waals surface area (Å²) in [6.07, 6.45) is 1.56. The molecule has 2 atom stereocenters. The lowest BCUT2D eigenvalue weighted by Gasteiger charge is -2.25. The van der Waals surface area contributed by atoms with E-state index in [1.54, 1.807) is 30.3 Å². The number of carboxylic acids is 1. The summed E-state index contributed by atoms with van der Waals surface area (Å²) in [6.45, 7) is 0.439. The van der Waals surface area contributed by atoms with E-state index in [0.717, 1.165) is 12.8 Å². The zero-order chi connectivity index (χ0) is 14.5. The van der Waals surface area contributed by atoms with Crippen LogP contribution in [-0.4, -0.2) is 46.3 Å². The highest BCUT2D eigenvalue weighted by Crippen LogP contribution is 2.19. The van der Waals surface area contributed by atoms with Gasteiger partial charge in [0.05, 0.1) is 12.6 Å². The third kappa shape index (κ3) is 3.08. The second-order valence-electron chi connectivity index (χ2n) is 4.80. The van der Waals surface area contributed by atoms with E-state index in [1.165, 1.54) is 4.90 Å². The predicted molar refractivity (Wildman–Crippen MR) is 72.2 cm³/mol. The smallest absolute Gasteiger partial charge is 0.330 e. The van der Waals surface area contributed by atoms with Gasteiger partial charge in [0.15, 0.2) is 6.04 Å². The van der Waals surface area contributed by atoms with Crippen LogP contribution in [0.15, 0.2) is 30.3 Å². The molecule has 6 nitrogen and oxygen atoms in total. The molecule has 0 aliphatic carbocycles. The average molecular weight is 278 g/mol. The number of carbonyl (C=O) groups excluding carboxylic acids is 1. The number of aliphatic hydroxyl groups is 1. The number of hydrogen-bond acceptors (Lipinski definition) is 3. The molecule has 2 rings (SSSR count). The van der Waals surface area contributed by atoms with Crippen molar-refractivity contribution in [3.05, 3.63) is 35.9 Å². The molecule has 0 aromatic heterocycles. The van der Waals surface area contributed by atoms with Crippen molar-refractivity contribution in [1.29, 1.82) is 0 Å². The van der Waals surface area contributed by atoms with E-state index in [9.17, 15) is 19.8 Å². The molecule has 2 amide bonds. The lowest BCUT2D eigenvalue weighted by atomic mass is 10.1. The topological polar surface area (TPSA) is 89.9 Å². The van der Waals surface area contributed by atoms with Gasteiger partial charge < -0.3 is 20.4 Å². The Hall–Kier alpha value is -2.08. The first-order valence-electron chi connectivity index (χ1n) is 6.59. The zero-order valence-corrected chi connectivity index (χ0v) is 11.0. The molecule has 0 saturated carbocycles. The van der Waals surface area contributed by atoms with Crippen molar-refractivity contribution in [3.8, 4) is 0 Å². The van der Waals surface area contributed by atoms with Crippen LogP contribution in [0.25, 0.3) is 0 Å². The summed E-state index contributed by atoms with van der Waals surface area (Å²) >= 11 is 0. The van der Waals surface area contributed by atoms with Crippen LogP contribution in [0.1, 0.15) is 24.4 Å². The van der Waals surface area contributed by atoms with Crippen LogP contribution in [0.2, 0.25) is 0 Å². The number of urea groups is 1. The molecule has 1 aliphatic heterocycles. The molecule has 1 fully saturated rings. The zero-order valence-electron chi connectivity index (χ0n) is 11.0. The van der Waals surface area contributed by atoms with Crippen molar-refractivity contribution >= 4 is 12.0 Å². The molecule has 2 unspecified atom stereocenters. The summed E-state index contributed by atoms with van der Waals surface area (Å²) in [5.74, 6) is -1.11. The molecule has 1 saturated heterocycles. The van der Waals surface area contributed by atoms with Gasteiger partial charge in [-0.1, -0.05) is 30.3 Å². The van der Waals surface area contributed by atoms with Gasteiger partial charge in [-0.3, -0.25) is 0 Å². The first kappa shape index (κ1) is 14.3. The summed E-state index contributed by atoms with van der Waals surface area (Å²) < 4.78 is 0. The summed E-state index contributed by atoms with van der Waals surface area (Å²) in [7, 11) is 0. The number of hydrogen-bond donors (Lipinski definition) is 3. The number of carboxylic acid groups (broad SMARTS) is 1. The van der Waals surface area contributed by atoms with Crippen LogP contribution in [0, 0.1) is 0 Å². The van der Waals surface area contributed by atoms with Crippen LogP contribution >= 0.6 is 0 Å². The Bertz CT molecular complexity index is 477. The fourth-order valence-corrected chi connectivity index (χ4v) is 2.43. The standard InChI is InChI=1S/C14H18N2O4/c17-9-11-7-4-8-16(11)14(20)15-12(13(18)19)10-5-2-1-3-6-10/h1-3,5-6,11-12,17H,4,7-9H2,(H,15,20)(H,18,19). The van der Waals surface area contributed by atoms with E-state index in [1.807, 2.05) is 0 Å². The van der Waals surface area contributed by atoms with Crippen LogP contribution in [0.5, 0.6) is 0 Å². The normalized spacial score (nSPS) is 19.6. The Morgan fingerprint density at radius 2 is 2.05 bits per heavy atom. The number of nitrogens with one attached hydrogen (secondary N) is 1. The SMILES string of the molecule is O=C(O)C(NC(=O)N1CCCC1CO)c1ccccc1. The summed E-state index contributed by atoms with van der Waals surface area (Å²) in [5, 5.41) is 21.0. The van der Waals surface area contributed by atoms with Gasteiger partial charge in [0, 0.05) is 6.54 Å². The van der Waals surface area contributed by atoms with Crippen LogP contribution in [0.4, 0.5) is 4.79 Å². The number of likely N-dealkylation sites (tertiary alicyclic amines) is 1. The largest absolute Gasteiger partial charge is 0.479 e. The Labute approximate surface area is 117 Å². The molecule has 0 bridgehead atoms. The molecular formula is C14H18N2O4. The van der Waals surface area contributed by atoms with E-state index < -0.39 is 18.0 Å². The van der Waals surface area contributed by atoms with Crippen LogP contribution in [0.3, 0.4) is 0 Å². The molecule has 1 heterocycles. The fourth-order valence-electron chi connectivity index (χ4n) is 2.43. The van der Waals surface area contributed by atoms with Crippen molar-refractivity contribution in [1.82, 2.24) is 10.2 Å². The number of amides is 2. The highest BCUT2D eigenvalue weighted by Gasteiger charge is 2.31. The number of aliphatic hydroxyl groups excluding tert-OH is 1. The highest BCUT2D eigenvalue weighted by molar-refractivity contribution is 5.84. The number of benzene rings is 1. The maximum atomic E-state index is 12.1. The first-order valence-corrected chi connectivity index (χ1v) is 6.59. The van der Waals surface area contributed by atoms with Gasteiger partial charge in [0.1, 0.15) is 0 Å². The molecule has 3 N–H and O–H groups in total. The van der Waals surface area contributed by atoms with Crippen LogP contribution in [-0.2, 0) is 4.79 Å². The summed E-state index contributed by atoms with van der Waals surface area (Å²) in [4.78, 5) is 25.0. The molecule has 0 spiro atoms. The van der Waals surface area contributed by atoms with E-state index in [4.69, 9.17) is 0 Å². The number of carbonyl (C=O) groups is 2. The average Bonchev–Trinajstić information content (AvgIpc) is 2.93. The fraction of sp³-hybridized carbons (Fsp3) is 0.429. The minimum absolute atomic E-state index is 0.101. The second-order valence-corrected chi connectivity index (χ2v) is 4.80. The molecule has 6 heteroatoms. The maximum absolute atomic E-state index is 12.1. The Morgan fingerprint density at radius 3 is 2.65 bits per heavy atom. The van der Waals surface area contributed by atoms with Crippen molar-refractivity contribution in [3.63, 3.8) is 0 Å². The van der Waals surface area contributed by atoms with Gasteiger partial charge in [-0.05, 0) is 18.4 Å². The first-order chi connectivity index (χ1) is 9.63. The summed E-state index contributed by atoms with van der Waals surface area (Å²) in [6, 6.07) is 6.81. The van der Waals surface area contributed by atoms with E-state index in [2.05, 4.69) is 5.32 Å². The molecule has 1 aromatic rings. The van der Waals surface area contributed by atoms with Crippen molar-refractivity contribution in [2.24, 2.45) is 0 Å². The molecule has 108 valence electrons. The second kappa shape index (κ2) is 6.38. The Morgan fingerprint density at radius 1 is 1.35 bits per heavy atom. The molecule has 1 aliphatic rings. The lowest BCUT2D eigenvalue weighted by Crippen LogP contribution is -2.46. The van der Waals surface area contributed by atoms with Crippen molar-refractivity contribution in [2.75, 3.05) is 13.2 Å². The molecular weight excluding hydrogens is 260 g/mol. The van der Waals surface area contributed by atoms with Gasteiger partial charge in [-0.25, -0.2) is 9.59 Å². The van der Waals surface area contributed by atoms with Crippen molar-refractivity contribution < 1.29 is 19.8 Å². The Kier molecular flexibility index (Phi) is 4.57. The predicted octanol–water partition coefficient (Wildman–Crippen LogP) is 0.979. The van der Waals surface area contributed by atoms with Gasteiger partial charge in [0.25, 0.3) is 0 Å². The molecule has 1 aromatic carbocycles. The number of nitrogens with zero attached hydrogens (tertiary/aromatic N) is 1. The quantitative estimate of drug-likeness (QED) is 0.765. The van der Waals surface area contributed by atoms with Gasteiger partial charge in [-0.2, -0.15) is 0 Å². The lowest BCUT2D eigenvalue weighted by molar-refractivity contribution is -0.139. The summed E-state index contributed by atoms with van der Waals surface area (Å²) in [5.41, 5.74) is 0.521. The Balaban J connectivity index is 2.09. The van der Waals surface area contributed by atoms with Gasteiger partial charge >= 0.3 is 12.0 Å².